The van der Waals surface area contributed by atoms with Crippen molar-refractivity contribution < 1.29 is 42.4 Å². The molecule has 0 spiro atoms. The second-order valence-electron chi connectivity index (χ2n) is 7.67. The summed E-state index contributed by atoms with van der Waals surface area (Å²) in [6, 6.07) is 17.1. The van der Waals surface area contributed by atoms with Gasteiger partial charge in [-0.2, -0.15) is 0 Å². The molecule has 0 aliphatic carbocycles. The van der Waals surface area contributed by atoms with Gasteiger partial charge in [0.1, 0.15) is 17.2 Å². The highest BCUT2D eigenvalue weighted by atomic mass is 31.2. The van der Waals surface area contributed by atoms with Gasteiger partial charge in [-0.05, 0) is 43.3 Å². The van der Waals surface area contributed by atoms with E-state index in [4.69, 9.17) is 14.8 Å². The Morgan fingerprint density at radius 2 is 1.70 bits per heavy atom. The number of carbonyl (C=O) groups is 3. The van der Waals surface area contributed by atoms with E-state index in [1.807, 2.05) is 0 Å². The number of phosphoric ester groups is 1. The minimum Gasteiger partial charge on any atom is -0.438 e. The lowest BCUT2D eigenvalue weighted by Gasteiger charge is -2.18. The second kappa shape index (κ2) is 13.8. The van der Waals surface area contributed by atoms with Crippen molar-refractivity contribution in [3.8, 4) is 5.75 Å². The summed E-state index contributed by atoms with van der Waals surface area (Å²) in [6.07, 6.45) is -2.57. The molecule has 2 unspecified atom stereocenters. The molecule has 1 aromatic heterocycles. The number of aromatic nitrogens is 1. The summed E-state index contributed by atoms with van der Waals surface area (Å²) >= 11 is 0. The molecule has 2 atom stereocenters. The summed E-state index contributed by atoms with van der Waals surface area (Å²) in [4.78, 5) is 49.5. The third kappa shape index (κ3) is 9.16. The summed E-state index contributed by atoms with van der Waals surface area (Å²) < 4.78 is 31.0. The molecule has 5 N–H and O–H groups in total. The number of amides is 2. The summed E-state index contributed by atoms with van der Waals surface area (Å²) in [5, 5.41) is 13.0. The first-order valence-electron chi connectivity index (χ1n) is 11.4. The number of nitrogens with one attached hydrogen (secondary N) is 2. The lowest BCUT2D eigenvalue weighted by molar-refractivity contribution is -0.115. The van der Waals surface area contributed by atoms with Gasteiger partial charge in [0.05, 0.1) is 13.7 Å². The number of phosphoric acid groups is 1. The number of methoxy groups -OCH3 is 1. The highest BCUT2D eigenvalue weighted by Crippen LogP contribution is 2.48. The predicted octanol–water partition coefficient (Wildman–Crippen LogP) is 4.07. The maximum Gasteiger partial charge on any atom is 0.530 e. The molecule has 3 rings (SSSR count). The van der Waals surface area contributed by atoms with Gasteiger partial charge in [-0.3, -0.25) is 14.5 Å². The second-order valence-corrected chi connectivity index (χ2v) is 9.00. The highest BCUT2D eigenvalue weighted by molar-refractivity contribution is 7.47. The number of hydrogen-bond acceptors (Lipinski definition) is 12. The molecule has 16 heteroatoms. The molecule has 2 amide bonds. The van der Waals surface area contributed by atoms with E-state index in [9.17, 15) is 23.8 Å². The number of para-hydroxylation sites is 1. The normalized spacial score (nSPS) is 13.1. The topological polar surface area (TPSA) is 213 Å². The van der Waals surface area contributed by atoms with Gasteiger partial charge in [0, 0.05) is 5.56 Å². The zero-order valence-corrected chi connectivity index (χ0v) is 22.1. The molecule has 0 saturated carbocycles. The number of pyridine rings is 1. The Labute approximate surface area is 227 Å². The lowest BCUT2D eigenvalue weighted by Crippen LogP contribution is -2.33. The van der Waals surface area contributed by atoms with Gasteiger partial charge in [-0.25, -0.2) is 18.9 Å². The van der Waals surface area contributed by atoms with Crippen LogP contribution < -0.4 is 20.9 Å². The van der Waals surface area contributed by atoms with Gasteiger partial charge in [0.15, 0.2) is 11.6 Å². The van der Waals surface area contributed by atoms with E-state index >= 15 is 0 Å². The molecule has 210 valence electrons. The van der Waals surface area contributed by atoms with Crippen molar-refractivity contribution in [2.24, 2.45) is 10.2 Å². The van der Waals surface area contributed by atoms with Crippen molar-refractivity contribution in [1.29, 1.82) is 0 Å². The third-order valence-corrected chi connectivity index (χ3v) is 5.66. The van der Waals surface area contributed by atoms with Crippen molar-refractivity contribution in [3.63, 3.8) is 0 Å². The predicted molar refractivity (Wildman–Crippen MR) is 141 cm³/mol. The molecule has 0 bridgehead atoms. The fourth-order valence-corrected chi connectivity index (χ4v) is 3.79. The van der Waals surface area contributed by atoms with Crippen molar-refractivity contribution in [2.75, 3.05) is 24.7 Å². The number of azo groups is 1. The first-order chi connectivity index (χ1) is 19.1. The first-order valence-corrected chi connectivity index (χ1v) is 12.9. The minimum absolute atomic E-state index is 0.0350. The Balaban J connectivity index is 1.61. The van der Waals surface area contributed by atoms with Crippen LogP contribution in [0.4, 0.5) is 27.8 Å². The molecular formula is C24H25N6O9P. The summed E-state index contributed by atoms with van der Waals surface area (Å²) in [5.41, 5.74) is 6.50. The number of nitrogens with zero attached hydrogens (tertiary/aromatic N) is 3. The zero-order chi connectivity index (χ0) is 29.1. The quantitative estimate of drug-likeness (QED) is 0.111. The Morgan fingerprint density at radius 3 is 2.40 bits per heavy atom. The van der Waals surface area contributed by atoms with Crippen LogP contribution in [0.15, 0.2) is 77.0 Å². The van der Waals surface area contributed by atoms with Crippen LogP contribution in [0.2, 0.25) is 0 Å². The number of hydrogen-bond donors (Lipinski definition) is 4. The van der Waals surface area contributed by atoms with Gasteiger partial charge >= 0.3 is 14.0 Å². The summed E-state index contributed by atoms with van der Waals surface area (Å²) in [7, 11) is -3.70. The SMILES string of the molecule is COC(=O)OC(C)OP(=O)(O)Oc1ccccc1N=Nc1ccc(NC(=O)CNC(=O)c2ccccc2)nc1N. The Kier molecular flexibility index (Phi) is 10.2. The average Bonchev–Trinajstić information content (AvgIpc) is 2.91. The summed E-state index contributed by atoms with van der Waals surface area (Å²) in [5.74, 6) is -1.08. The average molecular weight is 572 g/mol. The van der Waals surface area contributed by atoms with E-state index in [0.717, 1.165) is 7.11 Å². The number of nitrogens with two attached hydrogens (primary N) is 1. The monoisotopic (exact) mass is 572 g/mol. The van der Waals surface area contributed by atoms with Gasteiger partial charge in [-0.15, -0.1) is 10.2 Å². The van der Waals surface area contributed by atoms with Crippen molar-refractivity contribution in [3.05, 3.63) is 72.3 Å². The van der Waals surface area contributed by atoms with Crippen LogP contribution in [0.3, 0.4) is 0 Å². The van der Waals surface area contributed by atoms with Crippen LogP contribution >= 0.6 is 7.82 Å². The number of nitrogen functional groups attached to an aromatic ring is 1. The molecule has 0 aliphatic rings. The lowest BCUT2D eigenvalue weighted by atomic mass is 10.2. The van der Waals surface area contributed by atoms with Crippen molar-refractivity contribution in [2.45, 2.75) is 13.2 Å². The van der Waals surface area contributed by atoms with E-state index < -0.39 is 32.1 Å². The maximum absolute atomic E-state index is 12.3. The van der Waals surface area contributed by atoms with E-state index in [2.05, 4.69) is 35.3 Å². The Morgan fingerprint density at radius 1 is 1.02 bits per heavy atom. The molecule has 0 radical (unpaired) electrons. The van der Waals surface area contributed by atoms with Crippen LogP contribution in [0, 0.1) is 0 Å². The number of benzene rings is 2. The number of carbonyl (C=O) groups excluding carboxylic acids is 3. The molecule has 0 saturated heterocycles. The summed E-state index contributed by atoms with van der Waals surface area (Å²) in [6.45, 7) is 0.900. The smallest absolute Gasteiger partial charge is 0.438 e. The van der Waals surface area contributed by atoms with E-state index in [0.29, 0.717) is 5.56 Å². The van der Waals surface area contributed by atoms with Gasteiger partial charge in [0.2, 0.25) is 12.2 Å². The van der Waals surface area contributed by atoms with Crippen molar-refractivity contribution >= 4 is 48.8 Å². The van der Waals surface area contributed by atoms with Gasteiger partial charge < -0.3 is 30.4 Å². The van der Waals surface area contributed by atoms with Crippen LogP contribution in [0.25, 0.3) is 0 Å². The maximum atomic E-state index is 12.3. The number of ether oxygens (including phenoxy) is 2. The molecule has 2 aromatic carbocycles. The molecule has 0 aliphatic heterocycles. The largest absolute Gasteiger partial charge is 0.530 e. The highest BCUT2D eigenvalue weighted by Gasteiger charge is 2.29. The van der Waals surface area contributed by atoms with Crippen LogP contribution in [0.1, 0.15) is 17.3 Å². The Hall–Kier alpha value is -4.85. The van der Waals surface area contributed by atoms with Crippen LogP contribution in [0.5, 0.6) is 5.75 Å². The zero-order valence-electron chi connectivity index (χ0n) is 21.2. The van der Waals surface area contributed by atoms with Crippen LogP contribution in [-0.4, -0.2) is 47.8 Å². The third-order valence-electron chi connectivity index (χ3n) is 4.67. The number of anilines is 2. The first kappa shape index (κ1) is 29.7. The van der Waals surface area contributed by atoms with Crippen LogP contribution in [-0.2, 0) is 23.4 Å². The fraction of sp³-hybridized carbons (Fsp3) is 0.167. The van der Waals surface area contributed by atoms with E-state index in [1.54, 1.807) is 36.4 Å². The minimum atomic E-state index is -4.76. The van der Waals surface area contributed by atoms with Crippen molar-refractivity contribution in [1.82, 2.24) is 10.3 Å². The molecular weight excluding hydrogens is 547 g/mol. The van der Waals surface area contributed by atoms with Gasteiger partial charge in [0.25, 0.3) is 5.91 Å². The van der Waals surface area contributed by atoms with Gasteiger partial charge in [-0.1, -0.05) is 30.3 Å². The molecule has 15 nitrogen and oxygen atoms in total. The fourth-order valence-electron chi connectivity index (χ4n) is 2.92. The molecule has 3 aromatic rings. The van der Waals surface area contributed by atoms with E-state index in [1.165, 1.54) is 37.3 Å². The Bertz CT molecular complexity index is 1440. The molecule has 40 heavy (non-hydrogen) atoms. The number of rotatable bonds is 11. The standard InChI is InChI=1S/C24H25N6O9P/c1-15(37-24(33)36-2)38-40(34,35)39-19-11-7-6-10-17(19)29-30-18-12-13-20(28-22(18)25)27-21(31)14-26-23(32)16-8-4-3-5-9-16/h3-13,15H,14H2,1-2H3,(H,26,32)(H,34,35)(H3,25,27,28,31). The van der Waals surface area contributed by atoms with E-state index in [-0.39, 0.29) is 35.3 Å². The molecule has 0 fully saturated rings. The molecule has 1 heterocycles.